The molecular weight excluding hydrogens is 373 g/mol. The van der Waals surface area contributed by atoms with E-state index in [1.54, 1.807) is 24.3 Å². The van der Waals surface area contributed by atoms with Gasteiger partial charge >= 0.3 is 0 Å². The van der Waals surface area contributed by atoms with E-state index in [2.05, 4.69) is 0 Å². The largest absolute Gasteiger partial charge is 0.497 e. The summed E-state index contributed by atoms with van der Waals surface area (Å²) in [4.78, 5) is 13.5. The molecule has 120 valence electrons. The Bertz CT molecular complexity index is 695. The van der Waals surface area contributed by atoms with Gasteiger partial charge in [-0.15, -0.1) is 0 Å². The number of hydrogen-bond acceptors (Lipinski definition) is 4. The summed E-state index contributed by atoms with van der Waals surface area (Å²) < 4.78 is 26.1. The monoisotopic (exact) mass is 383 g/mol. The van der Waals surface area contributed by atoms with Gasteiger partial charge in [0.15, 0.2) is 9.84 Å². The molecular formula is C13H12Cl3NO4S. The zero-order valence-corrected chi connectivity index (χ0v) is 14.5. The first-order chi connectivity index (χ1) is 10.1. The Hall–Kier alpha value is -0.950. The normalized spacial score (nSPS) is 19.9. The lowest BCUT2D eigenvalue weighted by molar-refractivity contribution is -0.118. The first kappa shape index (κ1) is 17.4. The topological polar surface area (TPSA) is 63.7 Å². The van der Waals surface area contributed by atoms with Crippen molar-refractivity contribution in [3.8, 4) is 5.75 Å². The van der Waals surface area contributed by atoms with Crippen molar-refractivity contribution in [3.05, 3.63) is 35.7 Å². The Balaban J connectivity index is 2.41. The lowest BCUT2D eigenvalue weighted by Gasteiger charge is -2.30. The van der Waals surface area contributed by atoms with E-state index in [0.717, 1.165) is 10.3 Å². The van der Waals surface area contributed by atoms with Crippen LogP contribution in [0.2, 0.25) is 0 Å². The van der Waals surface area contributed by atoms with E-state index in [4.69, 9.17) is 39.5 Å². The fraction of sp³-hybridized carbons (Fsp3) is 0.308. The number of hydrogen-bond donors (Lipinski definition) is 0. The summed E-state index contributed by atoms with van der Waals surface area (Å²) >= 11 is 17.0. The second kappa shape index (κ2) is 6.28. The summed E-state index contributed by atoms with van der Waals surface area (Å²) in [6.07, 6.45) is 1.40. The van der Waals surface area contributed by atoms with E-state index in [0.29, 0.717) is 11.4 Å². The number of carbonyl (C=O) groups excluding carboxylic acids is 1. The molecule has 0 saturated carbocycles. The minimum absolute atomic E-state index is 0.258. The molecule has 0 spiro atoms. The molecule has 1 aromatic carbocycles. The van der Waals surface area contributed by atoms with Gasteiger partial charge < -0.3 is 9.64 Å². The third-order valence-corrected chi connectivity index (χ3v) is 4.92. The Labute approximate surface area is 143 Å². The van der Waals surface area contributed by atoms with E-state index in [1.807, 2.05) is 0 Å². The Morgan fingerprint density at radius 3 is 2.27 bits per heavy atom. The third kappa shape index (κ3) is 3.87. The van der Waals surface area contributed by atoms with Crippen molar-refractivity contribution >= 4 is 56.2 Å². The molecule has 9 heteroatoms. The van der Waals surface area contributed by atoms with Crippen LogP contribution in [0.4, 0.5) is 5.69 Å². The van der Waals surface area contributed by atoms with Crippen LogP contribution in [0.15, 0.2) is 35.7 Å². The average Bonchev–Trinajstić information content (AvgIpc) is 2.79. The van der Waals surface area contributed by atoms with Crippen LogP contribution in [0.3, 0.4) is 0 Å². The van der Waals surface area contributed by atoms with Crippen molar-refractivity contribution in [3.63, 3.8) is 0 Å². The molecule has 1 atom stereocenters. The Morgan fingerprint density at radius 1 is 1.27 bits per heavy atom. The van der Waals surface area contributed by atoms with Crippen LogP contribution >= 0.6 is 34.8 Å². The van der Waals surface area contributed by atoms with E-state index in [1.165, 1.54) is 13.2 Å². The fourth-order valence-corrected chi connectivity index (χ4v) is 3.60. The van der Waals surface area contributed by atoms with Crippen molar-refractivity contribution in [2.24, 2.45) is 0 Å². The lowest BCUT2D eigenvalue weighted by Crippen LogP contribution is -2.46. The maximum absolute atomic E-state index is 12.4. The minimum atomic E-state index is -3.37. The Morgan fingerprint density at radius 2 is 1.86 bits per heavy atom. The van der Waals surface area contributed by atoms with Crippen molar-refractivity contribution < 1.29 is 17.9 Å². The van der Waals surface area contributed by atoms with E-state index >= 15 is 0 Å². The van der Waals surface area contributed by atoms with Crippen molar-refractivity contribution in [1.82, 2.24) is 0 Å². The molecule has 1 aromatic rings. The molecule has 22 heavy (non-hydrogen) atoms. The first-order valence-electron chi connectivity index (χ1n) is 6.09. The zero-order valence-electron chi connectivity index (χ0n) is 11.4. The average molecular weight is 385 g/mol. The summed E-state index contributed by atoms with van der Waals surface area (Å²) in [6, 6.07) is 5.70. The van der Waals surface area contributed by atoms with Gasteiger partial charge in [-0.2, -0.15) is 0 Å². The van der Waals surface area contributed by atoms with Gasteiger partial charge in [0.25, 0.3) is 9.70 Å². The predicted octanol–water partition coefficient (Wildman–Crippen LogP) is 2.71. The van der Waals surface area contributed by atoms with Gasteiger partial charge in [-0.05, 0) is 30.3 Å². The molecule has 2 rings (SSSR count). The van der Waals surface area contributed by atoms with Crippen LogP contribution in [0.5, 0.6) is 5.75 Å². The second-order valence-corrected chi connectivity index (χ2v) is 8.81. The molecule has 0 aromatic heterocycles. The van der Waals surface area contributed by atoms with Crippen LogP contribution in [-0.2, 0) is 14.6 Å². The highest BCUT2D eigenvalue weighted by Gasteiger charge is 2.41. The zero-order chi connectivity index (χ0) is 16.5. The maximum atomic E-state index is 12.4. The van der Waals surface area contributed by atoms with Crippen molar-refractivity contribution in [2.45, 2.75) is 9.83 Å². The molecule has 0 N–H and O–H groups in total. The minimum Gasteiger partial charge on any atom is -0.497 e. The second-order valence-electron chi connectivity index (χ2n) is 4.60. The van der Waals surface area contributed by atoms with Gasteiger partial charge in [-0.25, -0.2) is 8.42 Å². The summed E-state index contributed by atoms with van der Waals surface area (Å²) in [6.45, 7) is 0. The highest BCUT2D eigenvalue weighted by molar-refractivity contribution is 7.94. The summed E-state index contributed by atoms with van der Waals surface area (Å²) in [7, 11) is -1.86. The van der Waals surface area contributed by atoms with E-state index < -0.39 is 25.6 Å². The van der Waals surface area contributed by atoms with Gasteiger partial charge in [0.2, 0.25) is 0 Å². The predicted molar refractivity (Wildman–Crippen MR) is 87.5 cm³/mol. The van der Waals surface area contributed by atoms with Gasteiger partial charge in [0, 0.05) is 11.1 Å². The molecule has 1 amide bonds. The highest BCUT2D eigenvalue weighted by atomic mass is 35.6. The number of ether oxygens (including phenoxy) is 1. The van der Waals surface area contributed by atoms with Gasteiger partial charge in [0.1, 0.15) is 5.75 Å². The molecule has 0 unspecified atom stereocenters. The molecule has 5 nitrogen and oxygen atoms in total. The van der Waals surface area contributed by atoms with E-state index in [9.17, 15) is 13.2 Å². The molecule has 0 aliphatic carbocycles. The number of methoxy groups -OCH3 is 1. The quantitative estimate of drug-likeness (QED) is 0.752. The summed E-state index contributed by atoms with van der Waals surface area (Å²) in [5.41, 5.74) is 0.406. The maximum Gasteiger partial charge on any atom is 0.279 e. The van der Waals surface area contributed by atoms with Crippen molar-refractivity contribution in [2.75, 3.05) is 17.8 Å². The summed E-state index contributed by atoms with van der Waals surface area (Å²) in [5.74, 6) is -0.500. The van der Waals surface area contributed by atoms with Crippen LogP contribution in [0, 0.1) is 0 Å². The van der Waals surface area contributed by atoms with Crippen LogP contribution < -0.4 is 9.64 Å². The molecule has 0 saturated heterocycles. The molecule has 1 aliphatic heterocycles. The molecule has 0 radical (unpaired) electrons. The number of benzene rings is 1. The SMILES string of the molecule is COc1ccc(N(C(=O)C(Cl)(Cl)Cl)[C@@H]2C=CS(=O)(=O)C2)cc1. The van der Waals surface area contributed by atoms with E-state index in [-0.39, 0.29) is 5.75 Å². The van der Waals surface area contributed by atoms with Crippen LogP contribution in [0.1, 0.15) is 0 Å². The van der Waals surface area contributed by atoms with Crippen LogP contribution in [-0.4, -0.2) is 37.0 Å². The lowest BCUT2D eigenvalue weighted by atomic mass is 10.2. The Kier molecular flexibility index (Phi) is 4.96. The molecule has 1 heterocycles. The molecule has 1 aliphatic rings. The number of amides is 1. The standard InChI is InChI=1S/C13H12Cl3NO4S/c1-21-11-4-2-9(3-5-11)17(12(18)13(14,15)16)10-6-7-22(19,20)8-10/h2-7,10H,8H2,1H3/t10-/m1/s1. The fourth-order valence-electron chi connectivity index (χ4n) is 2.06. The van der Waals surface area contributed by atoms with Gasteiger partial charge in [-0.1, -0.05) is 34.8 Å². The number of nitrogens with zero attached hydrogens (tertiary/aromatic N) is 1. The number of halogens is 3. The number of alkyl halides is 3. The molecule has 0 fully saturated rings. The first-order valence-corrected chi connectivity index (χ1v) is 8.94. The van der Waals surface area contributed by atoms with Crippen LogP contribution in [0.25, 0.3) is 0 Å². The molecule has 0 bridgehead atoms. The number of anilines is 1. The van der Waals surface area contributed by atoms with Gasteiger partial charge in [-0.3, -0.25) is 4.79 Å². The third-order valence-electron chi connectivity index (χ3n) is 3.05. The van der Waals surface area contributed by atoms with Gasteiger partial charge in [0.05, 0.1) is 18.9 Å². The smallest absolute Gasteiger partial charge is 0.279 e. The number of sulfone groups is 1. The van der Waals surface area contributed by atoms with Crippen molar-refractivity contribution in [1.29, 1.82) is 0 Å². The number of rotatable bonds is 3. The number of carbonyl (C=O) groups is 1. The summed E-state index contributed by atoms with van der Waals surface area (Å²) in [5, 5.41) is 1.06. The highest BCUT2D eigenvalue weighted by Crippen LogP contribution is 2.34.